The van der Waals surface area contributed by atoms with Crippen LogP contribution in [0.2, 0.25) is 0 Å². The highest BCUT2D eigenvalue weighted by molar-refractivity contribution is 5.64. The molecule has 1 heterocycles. The Hall–Kier alpha value is -2.82. The Balaban J connectivity index is 1.76. The molecular formula is C16H14FN3O. The van der Waals surface area contributed by atoms with Crippen molar-refractivity contribution in [1.29, 1.82) is 0 Å². The van der Waals surface area contributed by atoms with Crippen LogP contribution in [0, 0.1) is 5.82 Å². The third-order valence-electron chi connectivity index (χ3n) is 3.20. The molecule has 0 saturated carbocycles. The molecule has 0 radical (unpaired) electrons. The zero-order chi connectivity index (χ0) is 14.7. The first-order valence-electron chi connectivity index (χ1n) is 6.53. The molecule has 0 unspecified atom stereocenters. The number of rotatable bonds is 4. The van der Waals surface area contributed by atoms with Crippen LogP contribution in [0.4, 0.5) is 10.1 Å². The van der Waals surface area contributed by atoms with Crippen LogP contribution < -0.4 is 5.32 Å². The summed E-state index contributed by atoms with van der Waals surface area (Å²) in [6.45, 7) is 0.343. The zero-order valence-electron chi connectivity index (χ0n) is 11.2. The minimum absolute atomic E-state index is 0.0774. The smallest absolute Gasteiger partial charge is 0.123 e. The van der Waals surface area contributed by atoms with Crippen LogP contribution in [0.1, 0.15) is 5.56 Å². The summed E-state index contributed by atoms with van der Waals surface area (Å²) >= 11 is 0. The summed E-state index contributed by atoms with van der Waals surface area (Å²) in [6, 6.07) is 13.6. The van der Waals surface area contributed by atoms with Crippen LogP contribution in [-0.2, 0) is 6.54 Å². The maximum Gasteiger partial charge on any atom is 0.123 e. The summed E-state index contributed by atoms with van der Waals surface area (Å²) < 4.78 is 13.2. The molecule has 21 heavy (non-hydrogen) atoms. The number of hydrogen-bond acceptors (Lipinski definition) is 3. The van der Waals surface area contributed by atoms with E-state index in [1.807, 2.05) is 30.3 Å². The van der Waals surface area contributed by atoms with Gasteiger partial charge in [-0.1, -0.05) is 12.1 Å². The minimum Gasteiger partial charge on any atom is -0.508 e. The molecule has 0 bridgehead atoms. The molecule has 2 aromatic carbocycles. The van der Waals surface area contributed by atoms with Gasteiger partial charge in [0.1, 0.15) is 11.6 Å². The Morgan fingerprint density at radius 3 is 2.86 bits per heavy atom. The van der Waals surface area contributed by atoms with Gasteiger partial charge in [0.05, 0.1) is 5.69 Å². The fourth-order valence-corrected chi connectivity index (χ4v) is 2.11. The summed E-state index contributed by atoms with van der Waals surface area (Å²) in [5.74, 6) is -0.288. The van der Waals surface area contributed by atoms with E-state index in [0.717, 1.165) is 16.9 Å². The first kappa shape index (κ1) is 13.2. The number of halogens is 1. The van der Waals surface area contributed by atoms with Crippen LogP contribution in [0.15, 0.2) is 54.7 Å². The lowest BCUT2D eigenvalue weighted by atomic mass is 10.1. The van der Waals surface area contributed by atoms with Crippen molar-refractivity contribution in [3.05, 3.63) is 66.1 Å². The lowest BCUT2D eigenvalue weighted by Crippen LogP contribution is -2.00. The van der Waals surface area contributed by atoms with Gasteiger partial charge in [0.15, 0.2) is 0 Å². The molecule has 5 heteroatoms. The second-order valence-electron chi connectivity index (χ2n) is 4.68. The van der Waals surface area contributed by atoms with Gasteiger partial charge in [-0.3, -0.25) is 5.10 Å². The van der Waals surface area contributed by atoms with E-state index >= 15 is 0 Å². The number of H-pyrrole nitrogens is 1. The number of benzene rings is 2. The SMILES string of the molecule is Oc1ccc(F)cc1CNc1cccc(-c2ccn[nH]2)c1. The monoisotopic (exact) mass is 283 g/mol. The lowest BCUT2D eigenvalue weighted by Gasteiger charge is -2.09. The average Bonchev–Trinajstić information content (AvgIpc) is 3.03. The zero-order valence-corrected chi connectivity index (χ0v) is 11.2. The van der Waals surface area contributed by atoms with Crippen molar-refractivity contribution in [3.63, 3.8) is 0 Å². The number of aromatic nitrogens is 2. The van der Waals surface area contributed by atoms with E-state index < -0.39 is 0 Å². The van der Waals surface area contributed by atoms with Crippen molar-refractivity contribution in [3.8, 4) is 17.0 Å². The van der Waals surface area contributed by atoms with Gasteiger partial charge in [-0.25, -0.2) is 4.39 Å². The third-order valence-corrected chi connectivity index (χ3v) is 3.20. The molecule has 3 rings (SSSR count). The van der Waals surface area contributed by atoms with Crippen LogP contribution in [0.3, 0.4) is 0 Å². The van der Waals surface area contributed by atoms with Crippen molar-refractivity contribution in [1.82, 2.24) is 10.2 Å². The Bertz CT molecular complexity index is 741. The van der Waals surface area contributed by atoms with Gasteiger partial charge in [0, 0.05) is 29.6 Å². The molecular weight excluding hydrogens is 269 g/mol. The number of hydrogen-bond donors (Lipinski definition) is 3. The molecule has 0 amide bonds. The lowest BCUT2D eigenvalue weighted by molar-refractivity contribution is 0.466. The van der Waals surface area contributed by atoms with Gasteiger partial charge >= 0.3 is 0 Å². The fourth-order valence-electron chi connectivity index (χ4n) is 2.11. The second-order valence-corrected chi connectivity index (χ2v) is 4.68. The number of nitrogens with one attached hydrogen (secondary N) is 2. The number of aromatic hydroxyl groups is 1. The summed E-state index contributed by atoms with van der Waals surface area (Å²) in [4.78, 5) is 0. The molecule has 0 atom stereocenters. The van der Waals surface area contributed by atoms with Crippen molar-refractivity contribution in [2.24, 2.45) is 0 Å². The number of aromatic amines is 1. The van der Waals surface area contributed by atoms with Crippen LogP contribution in [-0.4, -0.2) is 15.3 Å². The van der Waals surface area contributed by atoms with Crippen LogP contribution >= 0.6 is 0 Å². The summed E-state index contributed by atoms with van der Waals surface area (Å²) in [6.07, 6.45) is 1.69. The highest BCUT2D eigenvalue weighted by atomic mass is 19.1. The molecule has 0 fully saturated rings. The molecule has 4 nitrogen and oxygen atoms in total. The van der Waals surface area contributed by atoms with Crippen molar-refractivity contribution < 1.29 is 9.50 Å². The maximum absolute atomic E-state index is 13.2. The number of phenols is 1. The van der Waals surface area contributed by atoms with E-state index in [0.29, 0.717) is 12.1 Å². The Morgan fingerprint density at radius 1 is 1.14 bits per heavy atom. The minimum atomic E-state index is -0.365. The first-order chi connectivity index (χ1) is 10.2. The Kier molecular flexibility index (Phi) is 3.55. The molecule has 0 saturated heterocycles. The fraction of sp³-hybridized carbons (Fsp3) is 0.0625. The quantitative estimate of drug-likeness (QED) is 0.686. The Labute approximate surface area is 121 Å². The first-order valence-corrected chi connectivity index (χ1v) is 6.53. The molecule has 0 aliphatic rings. The van der Waals surface area contributed by atoms with E-state index in [2.05, 4.69) is 15.5 Å². The molecule has 0 spiro atoms. The number of nitrogens with zero attached hydrogens (tertiary/aromatic N) is 1. The summed E-state index contributed by atoms with van der Waals surface area (Å²) in [7, 11) is 0. The predicted molar refractivity (Wildman–Crippen MR) is 79.4 cm³/mol. The highest BCUT2D eigenvalue weighted by Crippen LogP contribution is 2.22. The van der Waals surface area contributed by atoms with Crippen molar-refractivity contribution in [2.75, 3.05) is 5.32 Å². The molecule has 3 aromatic rings. The maximum atomic E-state index is 13.2. The summed E-state index contributed by atoms with van der Waals surface area (Å²) in [5, 5.41) is 19.7. The van der Waals surface area contributed by atoms with E-state index in [-0.39, 0.29) is 11.6 Å². The Morgan fingerprint density at radius 2 is 2.05 bits per heavy atom. The number of phenolic OH excluding ortho intramolecular Hbond substituents is 1. The normalized spacial score (nSPS) is 10.5. The van der Waals surface area contributed by atoms with Gasteiger partial charge in [-0.2, -0.15) is 5.10 Å². The summed E-state index contributed by atoms with van der Waals surface area (Å²) in [5.41, 5.74) is 3.32. The second kappa shape index (κ2) is 5.66. The predicted octanol–water partition coefficient (Wildman–Crippen LogP) is 3.53. The van der Waals surface area contributed by atoms with E-state index in [1.54, 1.807) is 6.20 Å². The van der Waals surface area contributed by atoms with Gasteiger partial charge in [0.2, 0.25) is 0 Å². The van der Waals surface area contributed by atoms with Gasteiger partial charge < -0.3 is 10.4 Å². The standard InChI is InChI=1S/C16H14FN3O/c17-13-4-5-16(21)12(8-13)10-18-14-3-1-2-11(9-14)15-6-7-19-20-15/h1-9,18,21H,10H2,(H,19,20). The van der Waals surface area contributed by atoms with E-state index in [9.17, 15) is 9.50 Å². The third kappa shape index (κ3) is 3.02. The molecule has 3 N–H and O–H groups in total. The topological polar surface area (TPSA) is 60.9 Å². The largest absolute Gasteiger partial charge is 0.508 e. The average molecular weight is 283 g/mol. The van der Waals surface area contributed by atoms with E-state index in [4.69, 9.17) is 0 Å². The highest BCUT2D eigenvalue weighted by Gasteiger charge is 2.04. The molecule has 0 aliphatic heterocycles. The van der Waals surface area contributed by atoms with Crippen molar-refractivity contribution >= 4 is 5.69 Å². The van der Waals surface area contributed by atoms with Gasteiger partial charge in [0.25, 0.3) is 0 Å². The van der Waals surface area contributed by atoms with Gasteiger partial charge in [-0.05, 0) is 36.4 Å². The molecule has 106 valence electrons. The van der Waals surface area contributed by atoms with Gasteiger partial charge in [-0.15, -0.1) is 0 Å². The van der Waals surface area contributed by atoms with Crippen LogP contribution in [0.5, 0.6) is 5.75 Å². The van der Waals surface area contributed by atoms with Crippen molar-refractivity contribution in [2.45, 2.75) is 6.54 Å². The molecule has 0 aliphatic carbocycles. The van der Waals surface area contributed by atoms with E-state index in [1.165, 1.54) is 18.2 Å². The molecule has 1 aromatic heterocycles. The number of anilines is 1. The van der Waals surface area contributed by atoms with Crippen LogP contribution in [0.25, 0.3) is 11.3 Å².